The average molecular weight is 364 g/mol. The molecule has 1 atom stereocenters. The first kappa shape index (κ1) is 20.7. The topological polar surface area (TPSA) is 49.3 Å². The van der Waals surface area contributed by atoms with E-state index in [9.17, 15) is 13.2 Å². The average Bonchev–Trinajstić information content (AvgIpc) is 2.92. The summed E-state index contributed by atoms with van der Waals surface area (Å²) in [6.07, 6.45) is -1.83. The zero-order valence-corrected chi connectivity index (χ0v) is 15.7. The Balaban J connectivity index is 2.38. The van der Waals surface area contributed by atoms with Crippen LogP contribution in [-0.2, 0) is 12.6 Å². The maximum Gasteiger partial charge on any atom is 0.434 e. The number of alkyl halides is 3. The Bertz CT molecular complexity index is 532. The fourth-order valence-corrected chi connectivity index (χ4v) is 2.80. The normalized spacial score (nSPS) is 14.6. The highest BCUT2D eigenvalue weighted by atomic mass is 32.1. The molecule has 138 valence electrons. The summed E-state index contributed by atoms with van der Waals surface area (Å²) in [6, 6.07) is 0.270. The molecule has 0 radical (unpaired) electrons. The van der Waals surface area contributed by atoms with Crippen LogP contribution in [0.3, 0.4) is 0 Å². The molecule has 0 aliphatic carbocycles. The lowest BCUT2D eigenvalue weighted by molar-refractivity contribution is -0.140. The maximum absolute atomic E-state index is 12.5. The van der Waals surface area contributed by atoms with Crippen molar-refractivity contribution in [3.63, 3.8) is 0 Å². The van der Waals surface area contributed by atoms with Crippen LogP contribution in [0.4, 0.5) is 13.2 Å². The van der Waals surface area contributed by atoms with E-state index in [1.165, 1.54) is 0 Å². The van der Waals surface area contributed by atoms with Crippen LogP contribution in [0.15, 0.2) is 10.4 Å². The Hall–Kier alpha value is -1.31. The van der Waals surface area contributed by atoms with Gasteiger partial charge in [-0.25, -0.2) is 4.98 Å². The number of nitrogens with zero attached hydrogens (tertiary/aromatic N) is 2. The number of nitrogens with one attached hydrogen (secondary N) is 2. The number of guanidine groups is 1. The van der Waals surface area contributed by atoms with E-state index in [2.05, 4.69) is 48.3 Å². The fourth-order valence-electron chi connectivity index (χ4n) is 1.99. The van der Waals surface area contributed by atoms with Crippen LogP contribution < -0.4 is 10.6 Å². The Morgan fingerprint density at radius 1 is 1.33 bits per heavy atom. The van der Waals surface area contributed by atoms with E-state index in [0.717, 1.165) is 29.6 Å². The largest absolute Gasteiger partial charge is 0.434 e. The van der Waals surface area contributed by atoms with Crippen molar-refractivity contribution in [1.82, 2.24) is 15.6 Å². The Morgan fingerprint density at radius 3 is 2.50 bits per heavy atom. The summed E-state index contributed by atoms with van der Waals surface area (Å²) >= 11 is 1.03. The van der Waals surface area contributed by atoms with Gasteiger partial charge in [0.25, 0.3) is 0 Å². The Morgan fingerprint density at radius 2 is 2.00 bits per heavy atom. The smallest absolute Gasteiger partial charge is 0.356 e. The number of hydrogen-bond donors (Lipinski definition) is 2. The van der Waals surface area contributed by atoms with E-state index < -0.39 is 11.9 Å². The highest BCUT2D eigenvalue weighted by molar-refractivity contribution is 7.09. The quantitative estimate of drug-likeness (QED) is 0.591. The fraction of sp³-hybridized carbons (Fsp3) is 0.750. The second-order valence-corrected chi connectivity index (χ2v) is 7.96. The molecule has 1 heterocycles. The summed E-state index contributed by atoms with van der Waals surface area (Å²) in [5, 5.41) is 7.93. The molecular formula is C16H27F3N4S. The van der Waals surface area contributed by atoms with Gasteiger partial charge in [-0.3, -0.25) is 4.99 Å². The second kappa shape index (κ2) is 8.69. The van der Waals surface area contributed by atoms with Crippen LogP contribution >= 0.6 is 11.3 Å². The van der Waals surface area contributed by atoms with Crippen molar-refractivity contribution in [2.75, 3.05) is 13.6 Å². The number of hydrogen-bond acceptors (Lipinski definition) is 3. The van der Waals surface area contributed by atoms with Crippen molar-refractivity contribution in [3.8, 4) is 0 Å². The van der Waals surface area contributed by atoms with Gasteiger partial charge >= 0.3 is 6.18 Å². The van der Waals surface area contributed by atoms with Gasteiger partial charge in [-0.05, 0) is 25.2 Å². The summed E-state index contributed by atoms with van der Waals surface area (Å²) in [6.45, 7) is 9.19. The van der Waals surface area contributed by atoms with Crippen molar-refractivity contribution in [2.45, 2.75) is 59.2 Å². The van der Waals surface area contributed by atoms with Crippen molar-refractivity contribution < 1.29 is 13.2 Å². The number of aromatic nitrogens is 1. The molecule has 8 heteroatoms. The first-order valence-electron chi connectivity index (χ1n) is 8.00. The minimum Gasteiger partial charge on any atom is -0.356 e. The van der Waals surface area contributed by atoms with Crippen molar-refractivity contribution in [3.05, 3.63) is 16.1 Å². The Kier molecular flexibility index (Phi) is 7.51. The van der Waals surface area contributed by atoms with Crippen molar-refractivity contribution in [1.29, 1.82) is 0 Å². The molecule has 1 aromatic heterocycles. The van der Waals surface area contributed by atoms with E-state index in [0.29, 0.717) is 23.9 Å². The summed E-state index contributed by atoms with van der Waals surface area (Å²) < 4.78 is 37.5. The third-order valence-electron chi connectivity index (χ3n) is 3.41. The van der Waals surface area contributed by atoms with Crippen LogP contribution in [0.1, 0.15) is 51.2 Å². The Labute approximate surface area is 146 Å². The highest BCUT2D eigenvalue weighted by Crippen LogP contribution is 2.30. The molecule has 0 saturated carbocycles. The van der Waals surface area contributed by atoms with E-state index in [4.69, 9.17) is 0 Å². The van der Waals surface area contributed by atoms with Crippen molar-refractivity contribution >= 4 is 17.3 Å². The van der Waals surface area contributed by atoms with Gasteiger partial charge in [-0.1, -0.05) is 20.8 Å². The molecule has 0 aromatic carbocycles. The summed E-state index contributed by atoms with van der Waals surface area (Å²) in [7, 11) is 1.68. The van der Waals surface area contributed by atoms with Gasteiger partial charge < -0.3 is 10.6 Å². The molecule has 0 fully saturated rings. The van der Waals surface area contributed by atoms with E-state index in [1.807, 2.05) is 0 Å². The molecular weight excluding hydrogens is 337 g/mol. The minimum atomic E-state index is -4.37. The molecule has 0 bridgehead atoms. The third-order valence-corrected chi connectivity index (χ3v) is 4.32. The van der Waals surface area contributed by atoms with Gasteiger partial charge in [-0.15, -0.1) is 11.3 Å². The number of thiazole rings is 1. The number of halogens is 3. The number of rotatable bonds is 6. The summed E-state index contributed by atoms with van der Waals surface area (Å²) in [5.41, 5.74) is -0.533. The number of aliphatic imine (C=N–C) groups is 1. The zero-order valence-electron chi connectivity index (χ0n) is 14.9. The van der Waals surface area contributed by atoms with E-state index >= 15 is 0 Å². The maximum atomic E-state index is 12.5. The molecule has 24 heavy (non-hydrogen) atoms. The SMILES string of the molecule is CN=C(NCCc1nc(C(F)(F)F)cs1)NC(C)CCC(C)(C)C. The highest BCUT2D eigenvalue weighted by Gasteiger charge is 2.33. The monoisotopic (exact) mass is 364 g/mol. The van der Waals surface area contributed by atoms with Gasteiger partial charge in [0, 0.05) is 31.4 Å². The van der Waals surface area contributed by atoms with Gasteiger partial charge in [0.05, 0.1) is 5.01 Å². The molecule has 0 aliphatic rings. The van der Waals surface area contributed by atoms with Crippen LogP contribution in [0.5, 0.6) is 0 Å². The van der Waals surface area contributed by atoms with E-state index in [-0.39, 0.29) is 11.5 Å². The first-order chi connectivity index (χ1) is 11.0. The standard InChI is InChI=1S/C16H27F3N4S/c1-11(6-8-15(2,3)4)22-14(20-5)21-9-7-13-23-12(10-24-13)16(17,18)19/h10-11H,6-9H2,1-5H3,(H2,20,21,22). The molecule has 4 nitrogen and oxygen atoms in total. The zero-order chi connectivity index (χ0) is 18.4. The first-order valence-corrected chi connectivity index (χ1v) is 8.88. The van der Waals surface area contributed by atoms with Gasteiger partial charge in [-0.2, -0.15) is 13.2 Å². The lowest BCUT2D eigenvalue weighted by Crippen LogP contribution is -2.43. The van der Waals surface area contributed by atoms with Crippen LogP contribution in [-0.4, -0.2) is 30.6 Å². The minimum absolute atomic E-state index is 0.270. The summed E-state index contributed by atoms with van der Waals surface area (Å²) in [4.78, 5) is 7.76. The molecule has 1 unspecified atom stereocenters. The van der Waals surface area contributed by atoms with Crippen molar-refractivity contribution in [2.24, 2.45) is 10.4 Å². The molecule has 0 amide bonds. The molecule has 1 aromatic rings. The van der Waals surface area contributed by atoms with Crippen LogP contribution in [0.25, 0.3) is 0 Å². The second-order valence-electron chi connectivity index (χ2n) is 7.02. The predicted octanol–water partition coefficient (Wildman–Crippen LogP) is 4.08. The molecule has 0 saturated heterocycles. The predicted molar refractivity (Wildman–Crippen MR) is 93.5 cm³/mol. The van der Waals surface area contributed by atoms with Crippen LogP contribution in [0.2, 0.25) is 0 Å². The van der Waals surface area contributed by atoms with E-state index in [1.54, 1.807) is 7.05 Å². The molecule has 0 spiro atoms. The van der Waals surface area contributed by atoms with Crippen LogP contribution in [0, 0.1) is 5.41 Å². The molecule has 1 rings (SSSR count). The third kappa shape index (κ3) is 7.99. The lowest BCUT2D eigenvalue weighted by Gasteiger charge is -2.23. The molecule has 2 N–H and O–H groups in total. The molecule has 0 aliphatic heterocycles. The lowest BCUT2D eigenvalue weighted by atomic mass is 9.89. The van der Waals surface area contributed by atoms with Gasteiger partial charge in [0.2, 0.25) is 0 Å². The van der Waals surface area contributed by atoms with Gasteiger partial charge in [0.15, 0.2) is 11.7 Å². The van der Waals surface area contributed by atoms with Gasteiger partial charge in [0.1, 0.15) is 0 Å². The summed E-state index contributed by atoms with van der Waals surface area (Å²) in [5.74, 6) is 0.656.